The van der Waals surface area contributed by atoms with E-state index < -0.39 is 37.1 Å². The van der Waals surface area contributed by atoms with Gasteiger partial charge in [-0.2, -0.15) is 0 Å². The second-order valence-electron chi connectivity index (χ2n) is 4.94. The summed E-state index contributed by atoms with van der Waals surface area (Å²) in [7, 11) is 0.828. The van der Waals surface area contributed by atoms with Crippen LogP contribution in [-0.2, 0) is 9.05 Å². The van der Waals surface area contributed by atoms with Crippen molar-refractivity contribution in [3.8, 4) is 0 Å². The Bertz CT molecular complexity index is 647. The molecule has 0 saturated heterocycles. The van der Waals surface area contributed by atoms with Crippen LogP contribution in [0.1, 0.15) is 31.1 Å². The number of benzene rings is 1. The molecule has 0 atom stereocenters. The van der Waals surface area contributed by atoms with Gasteiger partial charge in [0.05, 0.1) is 10.5 Å². The predicted octanol–water partition coefficient (Wildman–Crippen LogP) is 3.01. The first-order valence-corrected chi connectivity index (χ1v) is 8.61. The maximum absolute atomic E-state index is 13.4. The normalized spacial score (nSPS) is 11.8. The minimum absolute atomic E-state index is 0.134. The van der Waals surface area contributed by atoms with Crippen LogP contribution >= 0.6 is 10.7 Å². The molecule has 0 aromatic heterocycles. The number of amides is 1. The molecule has 0 saturated carbocycles. The largest absolute Gasteiger partial charge is 0.339 e. The van der Waals surface area contributed by atoms with E-state index in [2.05, 4.69) is 0 Å². The van der Waals surface area contributed by atoms with Crippen LogP contribution in [0.15, 0.2) is 17.0 Å². The van der Waals surface area contributed by atoms with Gasteiger partial charge in [0.2, 0.25) is 0 Å². The van der Waals surface area contributed by atoms with Gasteiger partial charge < -0.3 is 4.90 Å². The summed E-state index contributed by atoms with van der Waals surface area (Å²) < 4.78 is 49.5. The molecule has 118 valence electrons. The fourth-order valence-corrected chi connectivity index (χ4v) is 2.90. The van der Waals surface area contributed by atoms with Gasteiger partial charge >= 0.3 is 0 Å². The molecule has 0 fully saturated rings. The summed E-state index contributed by atoms with van der Waals surface area (Å²) in [6.45, 7) is 6.11. The molecule has 0 heterocycles. The molecule has 0 N–H and O–H groups in total. The molecular weight excluding hydrogens is 324 g/mol. The molecule has 0 aliphatic heterocycles. The Hall–Kier alpha value is -1.21. The van der Waals surface area contributed by atoms with Crippen LogP contribution in [0.4, 0.5) is 8.78 Å². The molecule has 1 amide bonds. The third kappa shape index (κ3) is 4.38. The van der Waals surface area contributed by atoms with Crippen molar-refractivity contribution in [1.29, 1.82) is 0 Å². The van der Waals surface area contributed by atoms with E-state index in [0.717, 1.165) is 0 Å². The minimum atomic E-state index is -4.37. The van der Waals surface area contributed by atoms with E-state index >= 15 is 0 Å². The standard InChI is InChI=1S/C13H16ClF2NO3S/c1-4-17(7-8(2)3)13(18)9-5-10(15)11(16)6-12(9)21(14,19)20/h5-6,8H,4,7H2,1-3H3. The zero-order valence-electron chi connectivity index (χ0n) is 11.9. The Morgan fingerprint density at radius 1 is 1.29 bits per heavy atom. The highest BCUT2D eigenvalue weighted by molar-refractivity contribution is 8.13. The monoisotopic (exact) mass is 339 g/mol. The van der Waals surface area contributed by atoms with Crippen LogP contribution < -0.4 is 0 Å². The van der Waals surface area contributed by atoms with Gasteiger partial charge in [-0.15, -0.1) is 0 Å². The second-order valence-corrected chi connectivity index (χ2v) is 7.47. The summed E-state index contributed by atoms with van der Waals surface area (Å²) in [5.41, 5.74) is -0.466. The van der Waals surface area contributed by atoms with Gasteiger partial charge in [-0.1, -0.05) is 13.8 Å². The molecule has 1 rings (SSSR count). The van der Waals surface area contributed by atoms with Crippen LogP contribution in [0.25, 0.3) is 0 Å². The lowest BCUT2D eigenvalue weighted by molar-refractivity contribution is 0.0741. The highest BCUT2D eigenvalue weighted by Crippen LogP contribution is 2.24. The molecule has 0 bridgehead atoms. The number of rotatable bonds is 5. The maximum atomic E-state index is 13.4. The molecule has 1 aromatic rings. The van der Waals surface area contributed by atoms with E-state index in [9.17, 15) is 22.0 Å². The Morgan fingerprint density at radius 2 is 1.81 bits per heavy atom. The van der Waals surface area contributed by atoms with Gasteiger partial charge in [-0.3, -0.25) is 4.79 Å². The molecule has 0 unspecified atom stereocenters. The fraction of sp³-hybridized carbons (Fsp3) is 0.462. The minimum Gasteiger partial charge on any atom is -0.339 e. The molecule has 0 radical (unpaired) electrons. The average Bonchev–Trinajstić information content (AvgIpc) is 2.36. The van der Waals surface area contributed by atoms with Crippen molar-refractivity contribution in [3.05, 3.63) is 29.3 Å². The number of hydrogen-bond donors (Lipinski definition) is 0. The SMILES string of the molecule is CCN(CC(C)C)C(=O)c1cc(F)c(F)cc1S(=O)(=O)Cl. The lowest BCUT2D eigenvalue weighted by Crippen LogP contribution is -2.34. The zero-order chi connectivity index (χ0) is 16.4. The number of carbonyl (C=O) groups is 1. The number of halogens is 3. The highest BCUT2D eigenvalue weighted by atomic mass is 35.7. The zero-order valence-corrected chi connectivity index (χ0v) is 13.4. The number of carbonyl (C=O) groups excluding carboxylic acids is 1. The molecule has 0 aliphatic carbocycles. The first kappa shape index (κ1) is 17.8. The topological polar surface area (TPSA) is 54.5 Å². The third-order valence-electron chi connectivity index (χ3n) is 2.77. The first-order valence-electron chi connectivity index (χ1n) is 6.30. The highest BCUT2D eigenvalue weighted by Gasteiger charge is 2.26. The second kappa shape index (κ2) is 6.70. The molecule has 8 heteroatoms. The van der Waals surface area contributed by atoms with Crippen molar-refractivity contribution in [2.24, 2.45) is 5.92 Å². The lowest BCUT2D eigenvalue weighted by Gasteiger charge is -2.23. The van der Waals surface area contributed by atoms with E-state index in [0.29, 0.717) is 25.2 Å². The summed E-state index contributed by atoms with van der Waals surface area (Å²) in [5.74, 6) is -3.25. The molecule has 1 aromatic carbocycles. The van der Waals surface area contributed by atoms with Crippen molar-refractivity contribution in [2.75, 3.05) is 13.1 Å². The van der Waals surface area contributed by atoms with Gasteiger partial charge in [0.25, 0.3) is 15.0 Å². The molecule has 21 heavy (non-hydrogen) atoms. The summed E-state index contributed by atoms with van der Waals surface area (Å²) in [4.78, 5) is 13.0. The van der Waals surface area contributed by atoms with Crippen LogP contribution in [0.2, 0.25) is 0 Å². The Labute approximate surface area is 127 Å². The van der Waals surface area contributed by atoms with Crippen LogP contribution in [0.5, 0.6) is 0 Å². The molecule has 4 nitrogen and oxygen atoms in total. The van der Waals surface area contributed by atoms with Crippen molar-refractivity contribution in [2.45, 2.75) is 25.7 Å². The van der Waals surface area contributed by atoms with Crippen molar-refractivity contribution >= 4 is 25.6 Å². The smallest absolute Gasteiger partial charge is 0.262 e. The summed E-state index contributed by atoms with van der Waals surface area (Å²) >= 11 is 0. The summed E-state index contributed by atoms with van der Waals surface area (Å²) in [6.07, 6.45) is 0. The van der Waals surface area contributed by atoms with Gasteiger partial charge in [-0.05, 0) is 25.0 Å². The average molecular weight is 340 g/mol. The fourth-order valence-electron chi connectivity index (χ4n) is 1.86. The summed E-state index contributed by atoms with van der Waals surface area (Å²) in [6, 6.07) is 0.990. The van der Waals surface area contributed by atoms with Gasteiger partial charge in [0.15, 0.2) is 11.6 Å². The number of hydrogen-bond acceptors (Lipinski definition) is 3. The van der Waals surface area contributed by atoms with E-state index in [1.54, 1.807) is 6.92 Å². The van der Waals surface area contributed by atoms with E-state index in [4.69, 9.17) is 10.7 Å². The van der Waals surface area contributed by atoms with Gasteiger partial charge in [-0.25, -0.2) is 17.2 Å². The van der Waals surface area contributed by atoms with Crippen LogP contribution in [-0.4, -0.2) is 32.3 Å². The summed E-state index contributed by atoms with van der Waals surface area (Å²) in [5, 5.41) is 0. The maximum Gasteiger partial charge on any atom is 0.262 e. The van der Waals surface area contributed by atoms with Crippen LogP contribution in [0.3, 0.4) is 0 Å². The molecule has 0 aliphatic rings. The number of nitrogens with zero attached hydrogens (tertiary/aromatic N) is 1. The van der Waals surface area contributed by atoms with Crippen molar-refractivity contribution < 1.29 is 22.0 Å². The Morgan fingerprint density at radius 3 is 2.24 bits per heavy atom. The van der Waals surface area contributed by atoms with E-state index in [1.165, 1.54) is 4.90 Å². The Balaban J connectivity index is 3.40. The van der Waals surface area contributed by atoms with Crippen molar-refractivity contribution in [1.82, 2.24) is 4.90 Å². The van der Waals surface area contributed by atoms with Crippen molar-refractivity contribution in [3.63, 3.8) is 0 Å². The molecule has 0 spiro atoms. The third-order valence-corrected chi connectivity index (χ3v) is 4.13. The van der Waals surface area contributed by atoms with E-state index in [-0.39, 0.29) is 5.92 Å². The lowest BCUT2D eigenvalue weighted by atomic mass is 10.1. The van der Waals surface area contributed by atoms with Gasteiger partial charge in [0, 0.05) is 23.8 Å². The van der Waals surface area contributed by atoms with Crippen LogP contribution in [0, 0.1) is 17.6 Å². The predicted molar refractivity (Wildman–Crippen MR) is 75.8 cm³/mol. The van der Waals surface area contributed by atoms with Gasteiger partial charge in [0.1, 0.15) is 0 Å². The van der Waals surface area contributed by atoms with E-state index in [1.807, 2.05) is 13.8 Å². The quantitative estimate of drug-likeness (QED) is 0.775. The molecular formula is C13H16ClF2NO3S. The first-order chi connectivity index (χ1) is 9.57. The Kier molecular flexibility index (Phi) is 5.69.